The highest BCUT2D eigenvalue weighted by atomic mass is 35.5. The molecule has 0 bridgehead atoms. The van der Waals surface area contributed by atoms with E-state index in [-0.39, 0.29) is 12.4 Å². The molecule has 0 fully saturated rings. The summed E-state index contributed by atoms with van der Waals surface area (Å²) in [5.74, 6) is 0.779. The fourth-order valence-corrected chi connectivity index (χ4v) is 3.59. The van der Waals surface area contributed by atoms with Crippen LogP contribution in [0.3, 0.4) is 0 Å². The highest BCUT2D eigenvalue weighted by Crippen LogP contribution is 2.19. The van der Waals surface area contributed by atoms with E-state index < -0.39 is 0 Å². The lowest BCUT2D eigenvalue weighted by Gasteiger charge is -2.12. The van der Waals surface area contributed by atoms with E-state index in [1.54, 1.807) is 0 Å². The third-order valence-corrected chi connectivity index (χ3v) is 5.27. The van der Waals surface area contributed by atoms with E-state index in [2.05, 4.69) is 43.2 Å². The Hall–Kier alpha value is -0.530. The third-order valence-electron chi connectivity index (χ3n) is 5.27. The molecule has 0 heterocycles. The topological polar surface area (TPSA) is 27.6 Å². The van der Waals surface area contributed by atoms with Gasteiger partial charge in [0.1, 0.15) is 0 Å². The van der Waals surface area contributed by atoms with Gasteiger partial charge in [0.15, 0.2) is 0 Å². The molecule has 0 spiro atoms. The maximum atomic E-state index is 3.90. The second-order valence-corrected chi connectivity index (χ2v) is 7.85. The number of hydrogen-bond acceptors (Lipinski definition) is 0. The van der Waals surface area contributed by atoms with Crippen LogP contribution in [-0.4, -0.2) is 6.54 Å². The molecule has 0 aromatic carbocycles. The average Bonchev–Trinajstić information content (AvgIpc) is 2.64. The summed E-state index contributed by atoms with van der Waals surface area (Å²) in [6.45, 7) is 8.84. The minimum Gasteiger partial charge on any atom is -1.00 e. The number of unbranched alkanes of at least 4 members (excludes halogenated alkanes) is 12. The molecule has 160 valence electrons. The van der Waals surface area contributed by atoms with Crippen molar-refractivity contribution in [2.45, 2.75) is 109 Å². The first-order valence-electron chi connectivity index (χ1n) is 11.5. The summed E-state index contributed by atoms with van der Waals surface area (Å²) in [4.78, 5) is 0. The fourth-order valence-electron chi connectivity index (χ4n) is 3.59. The summed E-state index contributed by atoms with van der Waals surface area (Å²) >= 11 is 0. The predicted molar refractivity (Wildman–Crippen MR) is 119 cm³/mol. The number of halogens is 1. The Bertz CT molecular complexity index is 314. The Labute approximate surface area is 177 Å². The molecule has 0 aromatic rings. The predicted octanol–water partition coefficient (Wildman–Crippen LogP) is 4.41. The fraction of sp³-hybridized carbons (Fsp3) is 0.760. The van der Waals surface area contributed by atoms with Gasteiger partial charge in [-0.05, 0) is 63.7 Å². The zero-order valence-corrected chi connectivity index (χ0v) is 18.9. The van der Waals surface area contributed by atoms with Gasteiger partial charge in [-0.25, -0.2) is 0 Å². The van der Waals surface area contributed by atoms with Crippen LogP contribution >= 0.6 is 0 Å². The van der Waals surface area contributed by atoms with Crippen molar-refractivity contribution in [2.24, 2.45) is 5.92 Å². The van der Waals surface area contributed by atoms with Crippen LogP contribution in [0.15, 0.2) is 37.5 Å². The molecular formula is C25H48ClN. The maximum absolute atomic E-state index is 3.90. The second kappa shape index (κ2) is 25.5. The molecule has 1 nitrogen and oxygen atoms in total. The van der Waals surface area contributed by atoms with E-state index >= 15 is 0 Å². The molecule has 0 aliphatic heterocycles. The first kappa shape index (κ1) is 28.7. The molecule has 0 saturated carbocycles. The Balaban J connectivity index is 0. The lowest BCUT2D eigenvalue weighted by molar-refractivity contribution is -0.368. The summed E-state index contributed by atoms with van der Waals surface area (Å²) < 4.78 is 0. The van der Waals surface area contributed by atoms with Crippen LogP contribution in [0.4, 0.5) is 0 Å². The van der Waals surface area contributed by atoms with Gasteiger partial charge in [-0.3, -0.25) is 0 Å². The lowest BCUT2D eigenvalue weighted by Crippen LogP contribution is -3.00. The van der Waals surface area contributed by atoms with Crippen molar-refractivity contribution in [3.63, 3.8) is 0 Å². The van der Waals surface area contributed by atoms with Gasteiger partial charge in [0.05, 0.1) is 6.54 Å². The molecule has 27 heavy (non-hydrogen) atoms. The Kier molecular flexibility index (Phi) is 27.1. The van der Waals surface area contributed by atoms with Crippen LogP contribution in [0, 0.1) is 5.92 Å². The van der Waals surface area contributed by atoms with Crippen LogP contribution in [-0.2, 0) is 0 Å². The molecule has 0 unspecified atom stereocenters. The summed E-state index contributed by atoms with van der Waals surface area (Å²) in [6, 6.07) is 0. The number of allylic oxidation sites excluding steroid dienone is 4. The summed E-state index contributed by atoms with van der Waals surface area (Å²) in [7, 11) is 0. The monoisotopic (exact) mass is 397 g/mol. The number of quaternary nitrogens is 1. The molecule has 0 aromatic heterocycles. The van der Waals surface area contributed by atoms with E-state index in [4.69, 9.17) is 0 Å². The maximum Gasteiger partial charge on any atom is 0.0739 e. The zero-order chi connectivity index (χ0) is 19.1. The van der Waals surface area contributed by atoms with E-state index in [1.807, 2.05) is 0 Å². The van der Waals surface area contributed by atoms with Crippen LogP contribution in [0.25, 0.3) is 0 Å². The average molecular weight is 398 g/mol. The second-order valence-electron chi connectivity index (χ2n) is 7.85. The van der Waals surface area contributed by atoms with E-state index in [0.29, 0.717) is 0 Å². The number of rotatable bonds is 21. The van der Waals surface area contributed by atoms with Crippen LogP contribution < -0.4 is 18.1 Å². The Morgan fingerprint density at radius 3 is 1.44 bits per heavy atom. The summed E-state index contributed by atoms with van der Waals surface area (Å²) in [5.41, 5.74) is 3.90. The van der Waals surface area contributed by atoms with Crippen molar-refractivity contribution < 1.29 is 18.1 Å². The molecule has 3 N–H and O–H groups in total. The van der Waals surface area contributed by atoms with Crippen molar-refractivity contribution in [3.8, 4) is 0 Å². The quantitative estimate of drug-likeness (QED) is 0.219. The van der Waals surface area contributed by atoms with Gasteiger partial charge in [0.25, 0.3) is 0 Å². The standard InChI is InChI=1S/C25H47N.ClH/c1-3-21-25(22-4-2)23-19-17-15-13-11-9-7-5-6-8-10-12-14-16-18-20-24-26;/h3-5,7,25H,1-2,6,8-24,26H2;1H/b7-5-;. The van der Waals surface area contributed by atoms with Gasteiger partial charge < -0.3 is 18.1 Å². The minimum absolute atomic E-state index is 0. The first-order valence-corrected chi connectivity index (χ1v) is 11.5. The van der Waals surface area contributed by atoms with Crippen LogP contribution in [0.1, 0.15) is 109 Å². The SMILES string of the molecule is C=CCC(CC=C)CCCCCCC/C=C\CCCCCCCCC[NH3+].[Cl-]. The molecule has 0 aliphatic carbocycles. The van der Waals surface area contributed by atoms with Crippen molar-refractivity contribution in [2.75, 3.05) is 6.54 Å². The van der Waals surface area contributed by atoms with E-state index in [9.17, 15) is 0 Å². The van der Waals surface area contributed by atoms with Gasteiger partial charge in [-0.2, -0.15) is 0 Å². The normalized spacial score (nSPS) is 11.0. The van der Waals surface area contributed by atoms with Crippen molar-refractivity contribution >= 4 is 0 Å². The highest BCUT2D eigenvalue weighted by molar-refractivity contribution is 4.81. The van der Waals surface area contributed by atoms with Crippen molar-refractivity contribution in [1.29, 1.82) is 0 Å². The van der Waals surface area contributed by atoms with Gasteiger partial charge in [0.2, 0.25) is 0 Å². The Morgan fingerprint density at radius 2 is 1.00 bits per heavy atom. The molecule has 0 amide bonds. The minimum atomic E-state index is 0. The van der Waals surface area contributed by atoms with Crippen molar-refractivity contribution in [1.82, 2.24) is 0 Å². The largest absolute Gasteiger partial charge is 1.00 e. The Morgan fingerprint density at radius 1 is 0.593 bits per heavy atom. The van der Waals surface area contributed by atoms with Gasteiger partial charge in [-0.1, -0.05) is 75.7 Å². The molecule has 0 saturated heterocycles. The van der Waals surface area contributed by atoms with Crippen LogP contribution in [0.5, 0.6) is 0 Å². The van der Waals surface area contributed by atoms with Crippen LogP contribution in [0.2, 0.25) is 0 Å². The summed E-state index contributed by atoms with van der Waals surface area (Å²) in [6.07, 6.45) is 31.8. The van der Waals surface area contributed by atoms with Crippen molar-refractivity contribution in [3.05, 3.63) is 37.5 Å². The molecule has 0 atom stereocenters. The summed E-state index contributed by atoms with van der Waals surface area (Å²) in [5, 5.41) is 0. The van der Waals surface area contributed by atoms with E-state index in [0.717, 1.165) is 25.3 Å². The van der Waals surface area contributed by atoms with Gasteiger partial charge in [0, 0.05) is 0 Å². The van der Waals surface area contributed by atoms with Gasteiger partial charge in [-0.15, -0.1) is 13.2 Å². The molecule has 2 heteroatoms. The molecule has 0 rings (SSSR count). The molecule has 0 radical (unpaired) electrons. The highest BCUT2D eigenvalue weighted by Gasteiger charge is 2.04. The smallest absolute Gasteiger partial charge is 0.0739 e. The van der Waals surface area contributed by atoms with E-state index in [1.165, 1.54) is 96.3 Å². The van der Waals surface area contributed by atoms with Gasteiger partial charge >= 0.3 is 0 Å². The molecule has 0 aliphatic rings. The third kappa shape index (κ3) is 23.4. The number of hydrogen-bond donors (Lipinski definition) is 1. The zero-order valence-electron chi connectivity index (χ0n) is 18.1. The first-order chi connectivity index (χ1) is 12.8. The lowest BCUT2D eigenvalue weighted by atomic mass is 9.94. The molecular weight excluding hydrogens is 350 g/mol.